The fourth-order valence-corrected chi connectivity index (χ4v) is 2.95. The number of hydrogen-bond acceptors (Lipinski definition) is 3. The van der Waals surface area contributed by atoms with Crippen LogP contribution in [0.25, 0.3) is 0 Å². The third-order valence-electron chi connectivity index (χ3n) is 4.31. The molecule has 7 heteroatoms. The standard InChI is InChI=1S/C17H22FN3O3/c18-13-7-3-2-6-12(13)15(23)20-11-8-14(22)21-17(16(19)24)9-4-1-5-10-17/h2-3,6-7H,1,4-5,8-11H2,(H2,19,24)(H,20,23)(H,21,22). The second kappa shape index (κ2) is 7.90. The molecule has 1 aliphatic rings. The van der Waals surface area contributed by atoms with Crippen LogP contribution in [0.1, 0.15) is 48.9 Å². The minimum Gasteiger partial charge on any atom is -0.368 e. The van der Waals surface area contributed by atoms with Crippen molar-refractivity contribution >= 4 is 17.7 Å². The zero-order valence-electron chi connectivity index (χ0n) is 13.4. The molecule has 2 rings (SSSR count). The van der Waals surface area contributed by atoms with E-state index in [9.17, 15) is 18.8 Å². The molecule has 3 amide bonds. The highest BCUT2D eigenvalue weighted by Crippen LogP contribution is 2.28. The summed E-state index contributed by atoms with van der Waals surface area (Å²) in [5.74, 6) is -2.08. The highest BCUT2D eigenvalue weighted by atomic mass is 19.1. The van der Waals surface area contributed by atoms with Crippen molar-refractivity contribution in [1.29, 1.82) is 0 Å². The van der Waals surface area contributed by atoms with Crippen LogP contribution in [-0.2, 0) is 9.59 Å². The van der Waals surface area contributed by atoms with Gasteiger partial charge < -0.3 is 16.4 Å². The number of carbonyl (C=O) groups is 3. The van der Waals surface area contributed by atoms with E-state index in [1.807, 2.05) is 0 Å². The molecule has 0 spiro atoms. The van der Waals surface area contributed by atoms with Crippen LogP contribution in [-0.4, -0.2) is 29.8 Å². The Bertz CT molecular complexity index is 627. The van der Waals surface area contributed by atoms with E-state index in [0.29, 0.717) is 12.8 Å². The van der Waals surface area contributed by atoms with Gasteiger partial charge in [-0.05, 0) is 25.0 Å². The molecule has 24 heavy (non-hydrogen) atoms. The molecular formula is C17H22FN3O3. The van der Waals surface area contributed by atoms with Gasteiger partial charge in [-0.1, -0.05) is 31.4 Å². The lowest BCUT2D eigenvalue weighted by Crippen LogP contribution is -2.58. The predicted octanol–water partition coefficient (Wildman–Crippen LogP) is 1.25. The van der Waals surface area contributed by atoms with Crippen molar-refractivity contribution in [2.45, 2.75) is 44.1 Å². The van der Waals surface area contributed by atoms with E-state index in [1.54, 1.807) is 6.07 Å². The van der Waals surface area contributed by atoms with E-state index in [2.05, 4.69) is 10.6 Å². The first-order chi connectivity index (χ1) is 11.4. The average molecular weight is 335 g/mol. The number of carbonyl (C=O) groups excluding carboxylic acids is 3. The SMILES string of the molecule is NC(=O)C1(NC(=O)CCNC(=O)c2ccccc2F)CCCCC1. The number of nitrogens with two attached hydrogens (primary N) is 1. The zero-order valence-corrected chi connectivity index (χ0v) is 13.4. The minimum absolute atomic E-state index is 0.00474. The van der Waals surface area contributed by atoms with Crippen LogP contribution in [0.15, 0.2) is 24.3 Å². The molecule has 0 aliphatic heterocycles. The normalized spacial score (nSPS) is 16.2. The monoisotopic (exact) mass is 335 g/mol. The molecule has 6 nitrogen and oxygen atoms in total. The van der Waals surface area contributed by atoms with Gasteiger partial charge in [0, 0.05) is 13.0 Å². The van der Waals surface area contributed by atoms with Crippen molar-refractivity contribution in [1.82, 2.24) is 10.6 Å². The van der Waals surface area contributed by atoms with E-state index in [1.165, 1.54) is 18.2 Å². The lowest BCUT2D eigenvalue weighted by molar-refractivity contribution is -0.132. The molecule has 1 fully saturated rings. The third kappa shape index (κ3) is 4.31. The molecule has 0 atom stereocenters. The van der Waals surface area contributed by atoms with Gasteiger partial charge in [0.05, 0.1) is 5.56 Å². The molecule has 0 saturated heterocycles. The van der Waals surface area contributed by atoms with Crippen LogP contribution in [0.4, 0.5) is 4.39 Å². The summed E-state index contributed by atoms with van der Waals surface area (Å²) in [5, 5.41) is 5.21. The second-order valence-electron chi connectivity index (χ2n) is 6.04. The van der Waals surface area contributed by atoms with Gasteiger partial charge in [0.1, 0.15) is 11.4 Å². The number of hydrogen-bond donors (Lipinski definition) is 3. The molecule has 0 aromatic heterocycles. The number of amides is 3. The van der Waals surface area contributed by atoms with Gasteiger partial charge in [-0.25, -0.2) is 4.39 Å². The summed E-state index contributed by atoms with van der Waals surface area (Å²) < 4.78 is 13.5. The Morgan fingerprint density at radius 3 is 2.42 bits per heavy atom. The highest BCUT2D eigenvalue weighted by molar-refractivity contribution is 5.95. The summed E-state index contributed by atoms with van der Waals surface area (Å²) in [6.07, 6.45) is 3.77. The molecule has 4 N–H and O–H groups in total. The van der Waals surface area contributed by atoms with Gasteiger partial charge in [0.15, 0.2) is 0 Å². The first kappa shape index (κ1) is 17.9. The lowest BCUT2D eigenvalue weighted by atomic mass is 9.81. The Hall–Kier alpha value is -2.44. The molecule has 1 aliphatic carbocycles. The summed E-state index contributed by atoms with van der Waals surface area (Å²) in [7, 11) is 0. The van der Waals surface area contributed by atoms with Crippen molar-refractivity contribution < 1.29 is 18.8 Å². The molecular weight excluding hydrogens is 313 g/mol. The van der Waals surface area contributed by atoms with Crippen LogP contribution in [0.2, 0.25) is 0 Å². The number of primary amides is 1. The number of rotatable bonds is 6. The fraction of sp³-hybridized carbons (Fsp3) is 0.471. The number of halogens is 1. The summed E-state index contributed by atoms with van der Waals surface area (Å²) in [5.41, 5.74) is 4.40. The van der Waals surface area contributed by atoms with Gasteiger partial charge in [0.2, 0.25) is 11.8 Å². The van der Waals surface area contributed by atoms with E-state index in [0.717, 1.165) is 19.3 Å². The molecule has 0 heterocycles. The molecule has 0 radical (unpaired) electrons. The Kier molecular flexibility index (Phi) is 5.89. The lowest BCUT2D eigenvalue weighted by Gasteiger charge is -2.35. The summed E-state index contributed by atoms with van der Waals surface area (Å²) >= 11 is 0. The van der Waals surface area contributed by atoms with Crippen molar-refractivity contribution in [2.75, 3.05) is 6.54 Å². The van der Waals surface area contributed by atoms with E-state index >= 15 is 0 Å². The number of nitrogens with one attached hydrogen (secondary N) is 2. The predicted molar refractivity (Wildman–Crippen MR) is 86.5 cm³/mol. The Labute approximate surface area is 140 Å². The van der Waals surface area contributed by atoms with Crippen LogP contribution in [0, 0.1) is 5.82 Å². The summed E-state index contributed by atoms with van der Waals surface area (Å²) in [4.78, 5) is 35.6. The average Bonchev–Trinajstić information content (AvgIpc) is 2.55. The van der Waals surface area contributed by atoms with Crippen molar-refractivity contribution in [3.63, 3.8) is 0 Å². The molecule has 0 unspecified atom stereocenters. The number of benzene rings is 1. The van der Waals surface area contributed by atoms with Gasteiger partial charge in [-0.3, -0.25) is 14.4 Å². The van der Waals surface area contributed by atoms with Gasteiger partial charge in [-0.2, -0.15) is 0 Å². The van der Waals surface area contributed by atoms with Crippen molar-refractivity contribution in [3.8, 4) is 0 Å². The third-order valence-corrected chi connectivity index (χ3v) is 4.31. The highest BCUT2D eigenvalue weighted by Gasteiger charge is 2.38. The Morgan fingerprint density at radius 2 is 1.79 bits per heavy atom. The maximum absolute atomic E-state index is 13.5. The molecule has 1 aromatic carbocycles. The fourth-order valence-electron chi connectivity index (χ4n) is 2.95. The van der Waals surface area contributed by atoms with Gasteiger partial charge >= 0.3 is 0 Å². The molecule has 130 valence electrons. The molecule has 1 saturated carbocycles. The van der Waals surface area contributed by atoms with E-state index in [4.69, 9.17) is 5.73 Å². The van der Waals surface area contributed by atoms with Crippen LogP contribution < -0.4 is 16.4 Å². The maximum atomic E-state index is 13.5. The van der Waals surface area contributed by atoms with Crippen molar-refractivity contribution in [2.24, 2.45) is 5.73 Å². The molecule has 0 bridgehead atoms. The van der Waals surface area contributed by atoms with Crippen LogP contribution >= 0.6 is 0 Å². The summed E-state index contributed by atoms with van der Waals surface area (Å²) in [6, 6.07) is 5.62. The largest absolute Gasteiger partial charge is 0.368 e. The van der Waals surface area contributed by atoms with E-state index < -0.39 is 23.2 Å². The smallest absolute Gasteiger partial charge is 0.254 e. The molecule has 1 aromatic rings. The van der Waals surface area contributed by atoms with Gasteiger partial charge in [-0.15, -0.1) is 0 Å². The Balaban J connectivity index is 1.83. The topological polar surface area (TPSA) is 101 Å². The Morgan fingerprint density at radius 1 is 1.12 bits per heavy atom. The van der Waals surface area contributed by atoms with E-state index in [-0.39, 0.29) is 24.4 Å². The second-order valence-corrected chi connectivity index (χ2v) is 6.04. The van der Waals surface area contributed by atoms with Crippen molar-refractivity contribution in [3.05, 3.63) is 35.6 Å². The van der Waals surface area contributed by atoms with Gasteiger partial charge in [0.25, 0.3) is 5.91 Å². The zero-order chi connectivity index (χ0) is 17.6. The quantitative estimate of drug-likeness (QED) is 0.729. The van der Waals surface area contributed by atoms with Crippen LogP contribution in [0.3, 0.4) is 0 Å². The first-order valence-electron chi connectivity index (χ1n) is 8.08. The summed E-state index contributed by atoms with van der Waals surface area (Å²) in [6.45, 7) is 0.0494. The first-order valence-corrected chi connectivity index (χ1v) is 8.08. The minimum atomic E-state index is -0.981. The maximum Gasteiger partial charge on any atom is 0.254 e. The van der Waals surface area contributed by atoms with Crippen LogP contribution in [0.5, 0.6) is 0 Å².